The van der Waals surface area contributed by atoms with Crippen LogP contribution < -0.4 is 5.73 Å². The molecule has 0 saturated heterocycles. The molecule has 0 aromatic heterocycles. The summed E-state index contributed by atoms with van der Waals surface area (Å²) in [6.45, 7) is 0. The van der Waals surface area contributed by atoms with Gasteiger partial charge in [-0.3, -0.25) is 0 Å². The minimum atomic E-state index is 0.700. The van der Waals surface area contributed by atoms with Crippen molar-refractivity contribution in [3.8, 4) is 0 Å². The lowest BCUT2D eigenvalue weighted by molar-refractivity contribution is 0.590. The largest absolute Gasteiger partial charge is 0.398 e. The number of nitrogens with two attached hydrogens (primary N) is 1. The highest BCUT2D eigenvalue weighted by atomic mass is 14.6. The maximum absolute atomic E-state index is 6.09. The van der Waals surface area contributed by atoms with Crippen molar-refractivity contribution >= 4 is 16.5 Å². The standard InChI is InChI=1S/C17H17N/c18-17-8-7-14(13-3-1-2-4-15(13)17)16-10-11-5-6-12(16)9-11/h1-8,11-12,16H,9-10,18H2. The number of hydrogen-bond donors (Lipinski definition) is 1. The molecule has 18 heavy (non-hydrogen) atoms. The summed E-state index contributed by atoms with van der Waals surface area (Å²) in [4.78, 5) is 0. The molecule has 1 heteroatoms. The van der Waals surface area contributed by atoms with Crippen LogP contribution in [0.3, 0.4) is 0 Å². The highest BCUT2D eigenvalue weighted by Gasteiger charge is 2.36. The first kappa shape index (κ1) is 10.2. The van der Waals surface area contributed by atoms with Crippen LogP contribution in [0.4, 0.5) is 5.69 Å². The predicted molar refractivity (Wildman–Crippen MR) is 76.5 cm³/mol. The quantitative estimate of drug-likeness (QED) is 0.584. The SMILES string of the molecule is Nc1ccc(C2CC3C=CC2C3)c2ccccc12. The molecular formula is C17H17N. The van der Waals surface area contributed by atoms with Crippen molar-refractivity contribution in [3.05, 3.63) is 54.1 Å². The maximum atomic E-state index is 6.09. The summed E-state index contributed by atoms with van der Waals surface area (Å²) in [7, 11) is 0. The first-order valence-corrected chi connectivity index (χ1v) is 6.78. The average molecular weight is 235 g/mol. The van der Waals surface area contributed by atoms with Gasteiger partial charge in [-0.05, 0) is 47.6 Å². The van der Waals surface area contributed by atoms with Crippen LogP contribution in [-0.2, 0) is 0 Å². The van der Waals surface area contributed by atoms with Gasteiger partial charge in [-0.1, -0.05) is 42.5 Å². The molecule has 0 heterocycles. The third kappa shape index (κ3) is 1.34. The molecule has 1 nitrogen and oxygen atoms in total. The smallest absolute Gasteiger partial charge is 0.0393 e. The summed E-state index contributed by atoms with van der Waals surface area (Å²) in [5, 5.41) is 2.56. The van der Waals surface area contributed by atoms with Gasteiger partial charge in [0.1, 0.15) is 0 Å². The number of benzene rings is 2. The van der Waals surface area contributed by atoms with Crippen LogP contribution in [0.5, 0.6) is 0 Å². The normalized spacial score (nSPS) is 29.2. The lowest BCUT2D eigenvalue weighted by atomic mass is 9.84. The van der Waals surface area contributed by atoms with Gasteiger partial charge in [0.15, 0.2) is 0 Å². The second kappa shape index (κ2) is 3.61. The second-order valence-corrected chi connectivity index (χ2v) is 5.68. The molecule has 0 radical (unpaired) electrons. The van der Waals surface area contributed by atoms with Crippen molar-refractivity contribution in [2.45, 2.75) is 18.8 Å². The van der Waals surface area contributed by atoms with Gasteiger partial charge in [0, 0.05) is 11.1 Å². The van der Waals surface area contributed by atoms with Crippen LogP contribution >= 0.6 is 0 Å². The maximum Gasteiger partial charge on any atom is 0.0393 e. The Kier molecular flexibility index (Phi) is 2.05. The Bertz CT molecular complexity index is 641. The number of fused-ring (bicyclic) bond motifs is 3. The van der Waals surface area contributed by atoms with E-state index in [4.69, 9.17) is 5.73 Å². The van der Waals surface area contributed by atoms with Crippen molar-refractivity contribution < 1.29 is 0 Å². The van der Waals surface area contributed by atoms with Crippen LogP contribution in [0.15, 0.2) is 48.6 Å². The van der Waals surface area contributed by atoms with Crippen LogP contribution in [0, 0.1) is 11.8 Å². The third-order valence-corrected chi connectivity index (χ3v) is 4.67. The van der Waals surface area contributed by atoms with E-state index in [2.05, 4.69) is 48.6 Å². The molecule has 0 spiro atoms. The average Bonchev–Trinajstić information content (AvgIpc) is 3.02. The Hall–Kier alpha value is -1.76. The van der Waals surface area contributed by atoms with Gasteiger partial charge in [-0.15, -0.1) is 0 Å². The van der Waals surface area contributed by atoms with Crippen molar-refractivity contribution in [3.63, 3.8) is 0 Å². The van der Waals surface area contributed by atoms with Gasteiger partial charge >= 0.3 is 0 Å². The molecule has 2 aliphatic rings. The van der Waals surface area contributed by atoms with E-state index in [1.807, 2.05) is 0 Å². The van der Waals surface area contributed by atoms with E-state index in [1.165, 1.54) is 29.2 Å². The molecule has 2 N–H and O–H groups in total. The fourth-order valence-electron chi connectivity index (χ4n) is 3.81. The number of hydrogen-bond acceptors (Lipinski definition) is 1. The number of anilines is 1. The van der Waals surface area contributed by atoms with Crippen LogP contribution in [-0.4, -0.2) is 0 Å². The fourth-order valence-corrected chi connectivity index (χ4v) is 3.81. The second-order valence-electron chi connectivity index (χ2n) is 5.68. The summed E-state index contributed by atoms with van der Waals surface area (Å²) in [5.41, 5.74) is 8.48. The lowest BCUT2D eigenvalue weighted by Crippen LogP contribution is -2.06. The highest BCUT2D eigenvalue weighted by Crippen LogP contribution is 2.50. The summed E-state index contributed by atoms with van der Waals surface area (Å²) in [5.74, 6) is 2.27. The van der Waals surface area contributed by atoms with E-state index in [-0.39, 0.29) is 0 Å². The molecule has 2 bridgehead atoms. The molecule has 0 amide bonds. The molecule has 1 saturated carbocycles. The van der Waals surface area contributed by atoms with Crippen molar-refractivity contribution in [2.24, 2.45) is 11.8 Å². The van der Waals surface area contributed by atoms with Gasteiger partial charge in [0.05, 0.1) is 0 Å². The number of rotatable bonds is 1. The monoisotopic (exact) mass is 235 g/mol. The molecule has 0 aliphatic heterocycles. The fraction of sp³-hybridized carbons (Fsp3) is 0.294. The van der Waals surface area contributed by atoms with Crippen LogP contribution in [0.1, 0.15) is 24.3 Å². The Morgan fingerprint density at radius 3 is 2.44 bits per heavy atom. The molecule has 2 aromatic rings. The van der Waals surface area contributed by atoms with E-state index < -0.39 is 0 Å². The summed E-state index contributed by atoms with van der Waals surface area (Å²) in [6, 6.07) is 12.9. The zero-order chi connectivity index (χ0) is 12.1. The zero-order valence-corrected chi connectivity index (χ0v) is 10.3. The van der Waals surface area contributed by atoms with E-state index >= 15 is 0 Å². The summed E-state index contributed by atoms with van der Waals surface area (Å²) >= 11 is 0. The van der Waals surface area contributed by atoms with Gasteiger partial charge in [-0.2, -0.15) is 0 Å². The zero-order valence-electron chi connectivity index (χ0n) is 10.3. The Balaban J connectivity index is 1.91. The molecule has 4 rings (SSSR count). The van der Waals surface area contributed by atoms with Crippen molar-refractivity contribution in [1.29, 1.82) is 0 Å². The van der Waals surface area contributed by atoms with E-state index in [0.29, 0.717) is 5.92 Å². The molecule has 2 aromatic carbocycles. The number of allylic oxidation sites excluding steroid dienone is 2. The first-order valence-electron chi connectivity index (χ1n) is 6.78. The number of nitrogen functional groups attached to an aromatic ring is 1. The minimum Gasteiger partial charge on any atom is -0.398 e. The molecule has 3 unspecified atom stereocenters. The summed E-state index contributed by atoms with van der Waals surface area (Å²) < 4.78 is 0. The Labute approximate surface area is 107 Å². The van der Waals surface area contributed by atoms with Crippen molar-refractivity contribution in [2.75, 3.05) is 5.73 Å². The van der Waals surface area contributed by atoms with Crippen LogP contribution in [0.25, 0.3) is 10.8 Å². The molecule has 1 fully saturated rings. The van der Waals surface area contributed by atoms with E-state index in [9.17, 15) is 0 Å². The molecule has 3 atom stereocenters. The molecule has 2 aliphatic carbocycles. The van der Waals surface area contributed by atoms with Crippen LogP contribution in [0.2, 0.25) is 0 Å². The third-order valence-electron chi connectivity index (χ3n) is 4.67. The predicted octanol–water partition coefficient (Wildman–Crippen LogP) is 4.10. The first-order chi connectivity index (χ1) is 8.83. The molecular weight excluding hydrogens is 218 g/mol. The van der Waals surface area contributed by atoms with Crippen molar-refractivity contribution in [1.82, 2.24) is 0 Å². The summed E-state index contributed by atoms with van der Waals surface area (Å²) in [6.07, 6.45) is 7.49. The topological polar surface area (TPSA) is 26.0 Å². The minimum absolute atomic E-state index is 0.700. The van der Waals surface area contributed by atoms with Gasteiger partial charge in [-0.25, -0.2) is 0 Å². The van der Waals surface area contributed by atoms with Gasteiger partial charge in [0.2, 0.25) is 0 Å². The lowest BCUT2D eigenvalue weighted by Gasteiger charge is -2.21. The Morgan fingerprint density at radius 1 is 0.889 bits per heavy atom. The van der Waals surface area contributed by atoms with Gasteiger partial charge < -0.3 is 5.73 Å². The van der Waals surface area contributed by atoms with Gasteiger partial charge in [0.25, 0.3) is 0 Å². The van der Waals surface area contributed by atoms with E-state index in [1.54, 1.807) is 0 Å². The molecule has 90 valence electrons. The van der Waals surface area contributed by atoms with E-state index in [0.717, 1.165) is 17.5 Å². The highest BCUT2D eigenvalue weighted by molar-refractivity contribution is 5.95. The Morgan fingerprint density at radius 2 is 1.72 bits per heavy atom.